The summed E-state index contributed by atoms with van der Waals surface area (Å²) in [6.45, 7) is -0.933. The Hall–Kier alpha value is -3.30. The van der Waals surface area contributed by atoms with Crippen LogP contribution in [-0.2, 0) is 4.79 Å². The number of anilines is 1. The van der Waals surface area contributed by atoms with Crippen molar-refractivity contribution in [1.29, 1.82) is 0 Å². The summed E-state index contributed by atoms with van der Waals surface area (Å²) in [6, 6.07) is 13.3. The molecule has 156 valence electrons. The zero-order valence-corrected chi connectivity index (χ0v) is 16.2. The zero-order chi connectivity index (χ0) is 21.1. The summed E-state index contributed by atoms with van der Waals surface area (Å²) in [5, 5.41) is 2.90. The van der Waals surface area contributed by atoms with Gasteiger partial charge in [0, 0.05) is 29.8 Å². The van der Waals surface area contributed by atoms with Crippen molar-refractivity contribution < 1.29 is 18.3 Å². The van der Waals surface area contributed by atoms with Crippen LogP contribution in [0.25, 0.3) is 5.69 Å². The first-order valence-corrected chi connectivity index (χ1v) is 9.46. The van der Waals surface area contributed by atoms with Gasteiger partial charge in [-0.2, -0.15) is 8.78 Å². The number of carbonyl (C=O) groups is 1. The summed E-state index contributed by atoms with van der Waals surface area (Å²) in [5.74, 6) is 0.824. The number of alkyl halides is 2. The van der Waals surface area contributed by atoms with Gasteiger partial charge < -0.3 is 14.6 Å². The van der Waals surface area contributed by atoms with Gasteiger partial charge in [-0.25, -0.2) is 15.8 Å². The molecule has 3 aromatic rings. The van der Waals surface area contributed by atoms with Crippen LogP contribution >= 0.6 is 0 Å². The summed E-state index contributed by atoms with van der Waals surface area (Å²) in [7, 11) is 0. The standard InChI is InChI=1S/C21H21F2N5O2/c1-13-24-10-11-28(13)16-6-4-15(5-7-16)25-20(29)19-12-18(26-27-19)14-2-8-17(9-3-14)30-21(22)23/h2-11,18-19,21,26-27H,12H2,1H3,(H,25,29). The molecule has 0 aliphatic carbocycles. The smallest absolute Gasteiger partial charge is 0.387 e. The fourth-order valence-corrected chi connectivity index (χ4v) is 3.41. The van der Waals surface area contributed by atoms with E-state index in [9.17, 15) is 13.6 Å². The van der Waals surface area contributed by atoms with E-state index >= 15 is 0 Å². The third kappa shape index (κ3) is 4.47. The van der Waals surface area contributed by atoms with Crippen molar-refractivity contribution in [3.8, 4) is 11.4 Å². The molecule has 0 bridgehead atoms. The Morgan fingerprint density at radius 1 is 1.17 bits per heavy atom. The van der Waals surface area contributed by atoms with Crippen LogP contribution in [0, 0.1) is 6.92 Å². The van der Waals surface area contributed by atoms with E-state index < -0.39 is 12.7 Å². The monoisotopic (exact) mass is 413 g/mol. The number of halogens is 2. The minimum absolute atomic E-state index is 0.100. The molecule has 7 nitrogen and oxygen atoms in total. The number of hydrogen-bond acceptors (Lipinski definition) is 5. The van der Waals surface area contributed by atoms with Crippen molar-refractivity contribution in [3.63, 3.8) is 0 Å². The van der Waals surface area contributed by atoms with Crippen molar-refractivity contribution in [3.05, 3.63) is 72.3 Å². The number of nitrogens with zero attached hydrogens (tertiary/aromatic N) is 2. The number of amides is 1. The van der Waals surface area contributed by atoms with Gasteiger partial charge in [0.25, 0.3) is 0 Å². The minimum atomic E-state index is -2.85. The largest absolute Gasteiger partial charge is 0.435 e. The van der Waals surface area contributed by atoms with Gasteiger partial charge in [0.05, 0.1) is 0 Å². The second-order valence-corrected chi connectivity index (χ2v) is 6.96. The topological polar surface area (TPSA) is 80.2 Å². The molecule has 1 saturated heterocycles. The van der Waals surface area contributed by atoms with Gasteiger partial charge in [0.15, 0.2) is 0 Å². The molecule has 1 aliphatic rings. The lowest BCUT2D eigenvalue weighted by atomic mass is 10.0. The number of benzene rings is 2. The fraction of sp³-hybridized carbons (Fsp3) is 0.238. The predicted molar refractivity (Wildman–Crippen MR) is 107 cm³/mol. The van der Waals surface area contributed by atoms with E-state index in [0.29, 0.717) is 12.1 Å². The second kappa shape index (κ2) is 8.60. The van der Waals surface area contributed by atoms with E-state index in [0.717, 1.165) is 17.1 Å². The van der Waals surface area contributed by atoms with Gasteiger partial charge in [-0.05, 0) is 55.3 Å². The molecule has 2 aromatic carbocycles. The number of aryl methyl sites for hydroxylation is 1. The number of hydrazine groups is 1. The predicted octanol–water partition coefficient (Wildman–Crippen LogP) is 3.33. The molecule has 0 saturated carbocycles. The second-order valence-electron chi connectivity index (χ2n) is 6.96. The van der Waals surface area contributed by atoms with Crippen molar-refractivity contribution >= 4 is 11.6 Å². The molecule has 2 heterocycles. The first-order chi connectivity index (χ1) is 14.5. The van der Waals surface area contributed by atoms with Crippen LogP contribution in [0.5, 0.6) is 5.75 Å². The average Bonchev–Trinajstić information content (AvgIpc) is 3.38. The van der Waals surface area contributed by atoms with E-state index in [1.54, 1.807) is 18.3 Å². The summed E-state index contributed by atoms with van der Waals surface area (Å²) in [4.78, 5) is 16.8. The lowest BCUT2D eigenvalue weighted by Gasteiger charge is -2.12. The Balaban J connectivity index is 1.34. The Morgan fingerprint density at radius 3 is 2.53 bits per heavy atom. The average molecular weight is 413 g/mol. The highest BCUT2D eigenvalue weighted by Crippen LogP contribution is 2.25. The first kappa shape index (κ1) is 20.0. The molecule has 2 atom stereocenters. The number of carbonyl (C=O) groups excluding carboxylic acids is 1. The van der Waals surface area contributed by atoms with Crippen LogP contribution in [0.2, 0.25) is 0 Å². The molecule has 30 heavy (non-hydrogen) atoms. The molecule has 1 aromatic heterocycles. The summed E-state index contributed by atoms with van der Waals surface area (Å²) in [5.41, 5.74) is 8.59. The van der Waals surface area contributed by atoms with Gasteiger partial charge in [-0.1, -0.05) is 12.1 Å². The summed E-state index contributed by atoms with van der Waals surface area (Å²) >= 11 is 0. The van der Waals surface area contributed by atoms with Crippen LogP contribution in [-0.4, -0.2) is 28.1 Å². The molecule has 1 fully saturated rings. The zero-order valence-electron chi connectivity index (χ0n) is 16.2. The Kier molecular flexibility index (Phi) is 5.73. The molecule has 9 heteroatoms. The molecule has 4 rings (SSSR count). The molecular formula is C21H21F2N5O2. The third-order valence-electron chi connectivity index (χ3n) is 4.97. The van der Waals surface area contributed by atoms with Gasteiger partial charge in [-0.3, -0.25) is 4.79 Å². The van der Waals surface area contributed by atoms with Crippen molar-refractivity contribution in [2.45, 2.75) is 32.0 Å². The van der Waals surface area contributed by atoms with E-state index in [1.807, 2.05) is 42.0 Å². The molecule has 1 aliphatic heterocycles. The molecule has 3 N–H and O–H groups in total. The SMILES string of the molecule is Cc1nccn1-c1ccc(NC(=O)C2CC(c3ccc(OC(F)F)cc3)NN2)cc1. The first-order valence-electron chi connectivity index (χ1n) is 9.46. The van der Waals surface area contributed by atoms with Gasteiger partial charge in [0.2, 0.25) is 5.91 Å². The van der Waals surface area contributed by atoms with Crippen molar-refractivity contribution in [1.82, 2.24) is 20.4 Å². The Morgan fingerprint density at radius 2 is 1.90 bits per heavy atom. The third-order valence-corrected chi connectivity index (χ3v) is 4.97. The van der Waals surface area contributed by atoms with Crippen LogP contribution in [0.3, 0.4) is 0 Å². The number of nitrogens with one attached hydrogen (secondary N) is 3. The maximum Gasteiger partial charge on any atom is 0.387 e. The van der Waals surface area contributed by atoms with E-state index in [1.165, 1.54) is 12.1 Å². The van der Waals surface area contributed by atoms with E-state index in [-0.39, 0.29) is 17.7 Å². The number of hydrogen-bond donors (Lipinski definition) is 3. The van der Waals surface area contributed by atoms with Crippen LogP contribution in [0.1, 0.15) is 23.9 Å². The maximum absolute atomic E-state index is 12.6. The Labute approximate surface area is 172 Å². The number of imidazole rings is 1. The lowest BCUT2D eigenvalue weighted by Crippen LogP contribution is -2.39. The molecule has 0 radical (unpaired) electrons. The Bertz CT molecular complexity index is 1000. The molecular weight excluding hydrogens is 392 g/mol. The number of aromatic nitrogens is 2. The fourth-order valence-electron chi connectivity index (χ4n) is 3.41. The van der Waals surface area contributed by atoms with Crippen LogP contribution in [0.4, 0.5) is 14.5 Å². The summed E-state index contributed by atoms with van der Waals surface area (Å²) < 4.78 is 30.8. The highest BCUT2D eigenvalue weighted by Gasteiger charge is 2.30. The van der Waals surface area contributed by atoms with Gasteiger partial charge in [0.1, 0.15) is 17.6 Å². The minimum Gasteiger partial charge on any atom is -0.435 e. The van der Waals surface area contributed by atoms with Crippen LogP contribution < -0.4 is 20.9 Å². The molecule has 0 spiro atoms. The van der Waals surface area contributed by atoms with Gasteiger partial charge in [-0.15, -0.1) is 0 Å². The number of rotatable bonds is 6. The van der Waals surface area contributed by atoms with Crippen molar-refractivity contribution in [2.75, 3.05) is 5.32 Å². The van der Waals surface area contributed by atoms with E-state index in [4.69, 9.17) is 0 Å². The summed E-state index contributed by atoms with van der Waals surface area (Å²) in [6.07, 6.45) is 4.14. The van der Waals surface area contributed by atoms with E-state index in [2.05, 4.69) is 25.9 Å². The number of ether oxygens (including phenoxy) is 1. The van der Waals surface area contributed by atoms with Gasteiger partial charge >= 0.3 is 6.61 Å². The highest BCUT2D eigenvalue weighted by atomic mass is 19.3. The quantitative estimate of drug-likeness (QED) is 0.578. The highest BCUT2D eigenvalue weighted by molar-refractivity contribution is 5.95. The molecule has 1 amide bonds. The lowest BCUT2D eigenvalue weighted by molar-refractivity contribution is -0.117. The van der Waals surface area contributed by atoms with Crippen molar-refractivity contribution in [2.24, 2.45) is 0 Å². The normalized spacial score (nSPS) is 18.5. The molecule has 2 unspecified atom stereocenters. The van der Waals surface area contributed by atoms with Crippen LogP contribution in [0.15, 0.2) is 60.9 Å². The maximum atomic E-state index is 12.6.